The van der Waals surface area contributed by atoms with Crippen LogP contribution in [0.4, 0.5) is 15.6 Å². The summed E-state index contributed by atoms with van der Waals surface area (Å²) < 4.78 is 0. The van der Waals surface area contributed by atoms with Crippen LogP contribution in [0.25, 0.3) is 0 Å². The van der Waals surface area contributed by atoms with Gasteiger partial charge in [0, 0.05) is 22.6 Å². The Morgan fingerprint density at radius 1 is 1.30 bits per heavy atom. The topological polar surface area (TPSA) is 57.3 Å². The zero-order valence-electron chi connectivity index (χ0n) is 11.2. The zero-order valence-corrected chi connectivity index (χ0v) is 12.8. The maximum atomic E-state index is 11.8. The average Bonchev–Trinajstić information content (AvgIpc) is 2.78. The van der Waals surface area contributed by atoms with Crippen molar-refractivity contribution in [2.45, 2.75) is 6.54 Å². The number of halogens is 1. The number of anilines is 2. The number of hydrogen-bond acceptors (Lipinski definition) is 4. The third-order valence-electron chi connectivity index (χ3n) is 2.35. The van der Waals surface area contributed by atoms with Crippen LogP contribution >= 0.6 is 22.9 Å². The highest BCUT2D eigenvalue weighted by atomic mass is 35.5. The largest absolute Gasteiger partial charge is 0.325 e. The van der Waals surface area contributed by atoms with Crippen LogP contribution in [-0.2, 0) is 6.54 Å². The van der Waals surface area contributed by atoms with Gasteiger partial charge in [-0.05, 0) is 38.4 Å². The third-order valence-corrected chi connectivity index (χ3v) is 3.41. The summed E-state index contributed by atoms with van der Waals surface area (Å²) in [5.41, 5.74) is 1.61. The lowest BCUT2D eigenvalue weighted by molar-refractivity contribution is 0.262. The van der Waals surface area contributed by atoms with Crippen molar-refractivity contribution in [3.05, 3.63) is 40.4 Å². The standard InChI is InChI=1S/C13H15ClN4OS/c1-18(2)7-11-8-20-13(16-11)17-12(19)15-10-5-3-9(14)4-6-10/h3-6,8H,7H2,1-2H3,(H2,15,16,17,19). The molecule has 20 heavy (non-hydrogen) atoms. The van der Waals surface area contributed by atoms with E-state index in [4.69, 9.17) is 11.6 Å². The van der Waals surface area contributed by atoms with E-state index in [0.29, 0.717) is 15.8 Å². The third kappa shape index (κ3) is 4.48. The van der Waals surface area contributed by atoms with Gasteiger partial charge in [0.25, 0.3) is 0 Å². The molecule has 0 aliphatic rings. The van der Waals surface area contributed by atoms with E-state index in [0.717, 1.165) is 12.2 Å². The molecule has 0 atom stereocenters. The minimum atomic E-state index is -0.321. The normalized spacial score (nSPS) is 10.6. The number of hydrogen-bond donors (Lipinski definition) is 2. The van der Waals surface area contributed by atoms with Gasteiger partial charge in [-0.2, -0.15) is 0 Å². The maximum Gasteiger partial charge on any atom is 0.325 e. The van der Waals surface area contributed by atoms with E-state index >= 15 is 0 Å². The second-order valence-corrected chi connectivity index (χ2v) is 5.76. The van der Waals surface area contributed by atoms with E-state index in [2.05, 4.69) is 15.6 Å². The predicted molar refractivity (Wildman–Crippen MR) is 83.6 cm³/mol. The van der Waals surface area contributed by atoms with Crippen LogP contribution in [0, 0.1) is 0 Å². The Morgan fingerprint density at radius 2 is 2.00 bits per heavy atom. The fourth-order valence-corrected chi connectivity index (χ4v) is 2.38. The molecular formula is C13H15ClN4OS. The van der Waals surface area contributed by atoms with Crippen molar-refractivity contribution < 1.29 is 4.79 Å². The minimum Gasteiger partial charge on any atom is -0.308 e. The summed E-state index contributed by atoms with van der Waals surface area (Å²) in [4.78, 5) is 18.1. The fourth-order valence-electron chi connectivity index (χ4n) is 1.55. The number of thiazole rings is 1. The van der Waals surface area contributed by atoms with Gasteiger partial charge in [-0.25, -0.2) is 9.78 Å². The second-order valence-electron chi connectivity index (χ2n) is 4.47. The first-order valence-electron chi connectivity index (χ1n) is 5.95. The Morgan fingerprint density at radius 3 is 2.65 bits per heavy atom. The molecule has 7 heteroatoms. The summed E-state index contributed by atoms with van der Waals surface area (Å²) in [6.45, 7) is 0.747. The molecule has 2 amide bonds. The SMILES string of the molecule is CN(C)Cc1csc(NC(=O)Nc2ccc(Cl)cc2)n1. The highest BCUT2D eigenvalue weighted by molar-refractivity contribution is 7.13. The van der Waals surface area contributed by atoms with Crippen LogP contribution in [0.15, 0.2) is 29.6 Å². The van der Waals surface area contributed by atoms with Gasteiger partial charge in [0.1, 0.15) is 0 Å². The first kappa shape index (κ1) is 14.8. The first-order chi connectivity index (χ1) is 9.52. The molecule has 0 saturated carbocycles. The number of carbonyl (C=O) groups excluding carboxylic acids is 1. The molecule has 1 aromatic carbocycles. The Bertz CT molecular complexity index is 582. The van der Waals surface area contributed by atoms with Crippen LogP contribution in [-0.4, -0.2) is 30.0 Å². The van der Waals surface area contributed by atoms with E-state index in [1.807, 2.05) is 24.4 Å². The number of nitrogens with zero attached hydrogens (tertiary/aromatic N) is 2. The van der Waals surface area contributed by atoms with Crippen molar-refractivity contribution in [3.8, 4) is 0 Å². The van der Waals surface area contributed by atoms with Crippen molar-refractivity contribution in [2.75, 3.05) is 24.7 Å². The van der Waals surface area contributed by atoms with Crippen LogP contribution < -0.4 is 10.6 Å². The van der Waals surface area contributed by atoms with E-state index in [1.54, 1.807) is 24.3 Å². The maximum absolute atomic E-state index is 11.8. The summed E-state index contributed by atoms with van der Waals surface area (Å²) in [5, 5.41) is 8.55. The van der Waals surface area contributed by atoms with E-state index in [1.165, 1.54) is 11.3 Å². The number of benzene rings is 1. The molecule has 0 bridgehead atoms. The molecule has 106 valence electrons. The average molecular weight is 311 g/mol. The zero-order chi connectivity index (χ0) is 14.5. The summed E-state index contributed by atoms with van der Waals surface area (Å²) in [6, 6.07) is 6.59. The van der Waals surface area contributed by atoms with E-state index < -0.39 is 0 Å². The van der Waals surface area contributed by atoms with Gasteiger partial charge in [-0.3, -0.25) is 5.32 Å². The molecule has 5 nitrogen and oxygen atoms in total. The van der Waals surface area contributed by atoms with Crippen molar-refractivity contribution in [1.82, 2.24) is 9.88 Å². The minimum absolute atomic E-state index is 0.321. The molecule has 2 rings (SSSR count). The van der Waals surface area contributed by atoms with Crippen LogP contribution in [0.5, 0.6) is 0 Å². The molecule has 1 aromatic heterocycles. The Kier molecular flexibility index (Phi) is 4.94. The van der Waals surface area contributed by atoms with Crippen molar-refractivity contribution >= 4 is 39.8 Å². The molecule has 0 fully saturated rings. The number of aromatic nitrogens is 1. The van der Waals surface area contributed by atoms with Crippen LogP contribution in [0.2, 0.25) is 5.02 Å². The lowest BCUT2D eigenvalue weighted by atomic mass is 10.3. The molecular weight excluding hydrogens is 296 g/mol. The summed E-state index contributed by atoms with van der Waals surface area (Å²) in [7, 11) is 3.94. The van der Waals surface area contributed by atoms with Crippen LogP contribution in [0.3, 0.4) is 0 Å². The van der Waals surface area contributed by atoms with Gasteiger partial charge in [-0.1, -0.05) is 11.6 Å². The monoisotopic (exact) mass is 310 g/mol. The van der Waals surface area contributed by atoms with E-state index in [-0.39, 0.29) is 6.03 Å². The smallest absolute Gasteiger partial charge is 0.308 e. The summed E-state index contributed by atoms with van der Waals surface area (Å²) in [5.74, 6) is 0. The molecule has 2 N–H and O–H groups in total. The Balaban J connectivity index is 1.91. The first-order valence-corrected chi connectivity index (χ1v) is 7.21. The highest BCUT2D eigenvalue weighted by Crippen LogP contribution is 2.17. The summed E-state index contributed by atoms with van der Waals surface area (Å²) in [6.07, 6.45) is 0. The van der Waals surface area contributed by atoms with Crippen molar-refractivity contribution in [3.63, 3.8) is 0 Å². The fraction of sp³-hybridized carbons (Fsp3) is 0.231. The summed E-state index contributed by atoms with van der Waals surface area (Å²) >= 11 is 7.18. The lowest BCUT2D eigenvalue weighted by Gasteiger charge is -2.06. The van der Waals surface area contributed by atoms with Crippen molar-refractivity contribution in [1.29, 1.82) is 0 Å². The van der Waals surface area contributed by atoms with Crippen LogP contribution in [0.1, 0.15) is 5.69 Å². The van der Waals surface area contributed by atoms with E-state index in [9.17, 15) is 4.79 Å². The Labute approximate surface area is 126 Å². The predicted octanol–water partition coefficient (Wildman–Crippen LogP) is 3.50. The van der Waals surface area contributed by atoms with Gasteiger partial charge in [-0.15, -0.1) is 11.3 Å². The molecule has 0 radical (unpaired) electrons. The number of urea groups is 1. The molecule has 0 spiro atoms. The van der Waals surface area contributed by atoms with Gasteiger partial charge in [0.15, 0.2) is 5.13 Å². The highest BCUT2D eigenvalue weighted by Gasteiger charge is 2.07. The number of rotatable bonds is 4. The molecule has 0 aliphatic heterocycles. The van der Waals surface area contributed by atoms with Gasteiger partial charge in [0.2, 0.25) is 0 Å². The number of nitrogens with one attached hydrogen (secondary N) is 2. The molecule has 0 saturated heterocycles. The molecule has 0 aliphatic carbocycles. The number of amides is 2. The Hall–Kier alpha value is -1.63. The molecule has 2 aromatic rings. The molecule has 1 heterocycles. The lowest BCUT2D eigenvalue weighted by Crippen LogP contribution is -2.19. The van der Waals surface area contributed by atoms with Gasteiger partial charge in [0.05, 0.1) is 5.69 Å². The molecule has 0 unspecified atom stereocenters. The van der Waals surface area contributed by atoms with Gasteiger partial charge < -0.3 is 10.2 Å². The quantitative estimate of drug-likeness (QED) is 0.908. The van der Waals surface area contributed by atoms with Gasteiger partial charge >= 0.3 is 6.03 Å². The number of carbonyl (C=O) groups is 1. The second kappa shape index (κ2) is 6.69. The van der Waals surface area contributed by atoms with Crippen molar-refractivity contribution in [2.24, 2.45) is 0 Å².